The monoisotopic (exact) mass is 256 g/mol. The van der Waals surface area contributed by atoms with Crippen LogP contribution in [0.5, 0.6) is 0 Å². The van der Waals surface area contributed by atoms with Crippen LogP contribution in [0.25, 0.3) is 33.1 Å². The molecule has 0 unspecified atom stereocenters. The predicted molar refractivity (Wildman–Crippen MR) is 82.0 cm³/mol. The average Bonchev–Trinajstić information content (AvgIpc) is 3.04. The number of para-hydroxylation sites is 1. The molecule has 1 heterocycles. The van der Waals surface area contributed by atoms with Crippen LogP contribution in [0.4, 0.5) is 0 Å². The summed E-state index contributed by atoms with van der Waals surface area (Å²) in [6.45, 7) is 0. The Balaban J connectivity index is 2.03. The van der Waals surface area contributed by atoms with Gasteiger partial charge in [0, 0.05) is 10.8 Å². The Morgan fingerprint density at radius 1 is 0.700 bits per heavy atom. The standard InChI is InChI=1S/C19H12O/c1-2-6-14-12(5-1)11-13-9-10-17-19(18(13)14)15-7-3-4-8-16(15)20-17/h1-10H,11H2. The highest BCUT2D eigenvalue weighted by Gasteiger charge is 2.22. The number of hydrogen-bond acceptors (Lipinski definition) is 1. The molecule has 0 saturated heterocycles. The molecular weight excluding hydrogens is 244 g/mol. The summed E-state index contributed by atoms with van der Waals surface area (Å²) >= 11 is 0. The van der Waals surface area contributed by atoms with E-state index in [1.807, 2.05) is 12.1 Å². The second-order valence-electron chi connectivity index (χ2n) is 5.40. The van der Waals surface area contributed by atoms with Crippen LogP contribution < -0.4 is 0 Å². The molecule has 1 nitrogen and oxygen atoms in total. The predicted octanol–water partition coefficient (Wildman–Crippen LogP) is 5.16. The van der Waals surface area contributed by atoms with Crippen molar-refractivity contribution in [1.29, 1.82) is 0 Å². The summed E-state index contributed by atoms with van der Waals surface area (Å²) in [5.74, 6) is 0. The molecule has 1 aliphatic carbocycles. The second-order valence-corrected chi connectivity index (χ2v) is 5.40. The van der Waals surface area contributed by atoms with Crippen LogP contribution in [0.1, 0.15) is 11.1 Å². The first kappa shape index (κ1) is 10.3. The van der Waals surface area contributed by atoms with Gasteiger partial charge in [0.15, 0.2) is 0 Å². The number of benzene rings is 3. The van der Waals surface area contributed by atoms with Crippen LogP contribution in [0.3, 0.4) is 0 Å². The average molecular weight is 256 g/mol. The van der Waals surface area contributed by atoms with Crippen molar-refractivity contribution in [3.63, 3.8) is 0 Å². The van der Waals surface area contributed by atoms with Crippen LogP contribution in [-0.4, -0.2) is 0 Å². The summed E-state index contributed by atoms with van der Waals surface area (Å²) in [4.78, 5) is 0. The maximum atomic E-state index is 5.99. The fourth-order valence-corrected chi connectivity index (χ4v) is 3.44. The zero-order valence-corrected chi connectivity index (χ0v) is 10.9. The van der Waals surface area contributed by atoms with E-state index in [0.717, 1.165) is 17.6 Å². The lowest BCUT2D eigenvalue weighted by atomic mass is 9.99. The van der Waals surface area contributed by atoms with Gasteiger partial charge in [0.2, 0.25) is 0 Å². The van der Waals surface area contributed by atoms with E-state index in [9.17, 15) is 0 Å². The molecule has 20 heavy (non-hydrogen) atoms. The summed E-state index contributed by atoms with van der Waals surface area (Å²) in [7, 11) is 0. The van der Waals surface area contributed by atoms with Gasteiger partial charge >= 0.3 is 0 Å². The molecule has 4 aromatic rings. The molecule has 0 amide bonds. The van der Waals surface area contributed by atoms with Crippen molar-refractivity contribution < 1.29 is 4.42 Å². The molecule has 0 bridgehead atoms. The van der Waals surface area contributed by atoms with E-state index in [4.69, 9.17) is 4.42 Å². The van der Waals surface area contributed by atoms with Crippen LogP contribution in [0.2, 0.25) is 0 Å². The molecule has 94 valence electrons. The van der Waals surface area contributed by atoms with E-state index in [0.29, 0.717) is 0 Å². The third kappa shape index (κ3) is 1.17. The van der Waals surface area contributed by atoms with Gasteiger partial charge in [0.25, 0.3) is 0 Å². The Morgan fingerprint density at radius 3 is 2.55 bits per heavy atom. The third-order valence-electron chi connectivity index (χ3n) is 4.30. The fourth-order valence-electron chi connectivity index (χ4n) is 3.44. The highest BCUT2D eigenvalue weighted by Crippen LogP contribution is 2.44. The number of furan rings is 1. The first-order chi connectivity index (χ1) is 9.92. The lowest BCUT2D eigenvalue weighted by molar-refractivity contribution is 0.669. The largest absolute Gasteiger partial charge is 0.456 e. The van der Waals surface area contributed by atoms with Crippen LogP contribution in [0, 0.1) is 0 Å². The molecule has 0 saturated carbocycles. The molecule has 0 spiro atoms. The summed E-state index contributed by atoms with van der Waals surface area (Å²) in [6, 6.07) is 21.3. The minimum Gasteiger partial charge on any atom is -0.456 e. The molecule has 1 heteroatoms. The van der Waals surface area contributed by atoms with Gasteiger partial charge in [-0.15, -0.1) is 0 Å². The molecular formula is C19H12O. The maximum absolute atomic E-state index is 5.99. The van der Waals surface area contributed by atoms with E-state index >= 15 is 0 Å². The Labute approximate surface area is 116 Å². The van der Waals surface area contributed by atoms with Gasteiger partial charge in [0.05, 0.1) is 0 Å². The van der Waals surface area contributed by atoms with E-state index in [1.165, 1.54) is 33.0 Å². The van der Waals surface area contributed by atoms with Crippen LogP contribution >= 0.6 is 0 Å². The molecule has 0 radical (unpaired) electrons. The first-order valence-corrected chi connectivity index (χ1v) is 6.93. The smallest absolute Gasteiger partial charge is 0.136 e. The molecule has 0 N–H and O–H groups in total. The summed E-state index contributed by atoms with van der Waals surface area (Å²) in [5.41, 5.74) is 7.51. The van der Waals surface area contributed by atoms with E-state index in [2.05, 4.69) is 48.5 Å². The number of hydrogen-bond donors (Lipinski definition) is 0. The van der Waals surface area contributed by atoms with Crippen molar-refractivity contribution >= 4 is 21.9 Å². The van der Waals surface area contributed by atoms with E-state index < -0.39 is 0 Å². The van der Waals surface area contributed by atoms with Gasteiger partial charge in [-0.1, -0.05) is 48.5 Å². The van der Waals surface area contributed by atoms with Gasteiger partial charge in [-0.05, 0) is 40.8 Å². The Bertz CT molecular complexity index is 976. The van der Waals surface area contributed by atoms with Crippen molar-refractivity contribution in [1.82, 2.24) is 0 Å². The number of rotatable bonds is 0. The Morgan fingerprint density at radius 2 is 1.55 bits per heavy atom. The van der Waals surface area contributed by atoms with Gasteiger partial charge in [-0.25, -0.2) is 0 Å². The lowest BCUT2D eigenvalue weighted by Gasteiger charge is -2.02. The van der Waals surface area contributed by atoms with Crippen LogP contribution in [-0.2, 0) is 6.42 Å². The van der Waals surface area contributed by atoms with Crippen molar-refractivity contribution in [3.8, 4) is 11.1 Å². The van der Waals surface area contributed by atoms with Gasteiger partial charge in [-0.2, -0.15) is 0 Å². The van der Waals surface area contributed by atoms with E-state index in [-0.39, 0.29) is 0 Å². The minimum absolute atomic E-state index is 0.972. The normalized spacial score (nSPS) is 12.8. The quantitative estimate of drug-likeness (QED) is 0.373. The molecule has 0 aliphatic heterocycles. The number of fused-ring (bicyclic) bond motifs is 7. The highest BCUT2D eigenvalue weighted by molar-refractivity contribution is 6.14. The summed E-state index contributed by atoms with van der Waals surface area (Å²) in [5, 5.41) is 2.49. The first-order valence-electron chi connectivity index (χ1n) is 6.93. The van der Waals surface area contributed by atoms with Crippen molar-refractivity contribution in [3.05, 3.63) is 71.8 Å². The summed E-state index contributed by atoms with van der Waals surface area (Å²) in [6.07, 6.45) is 1.03. The third-order valence-corrected chi connectivity index (χ3v) is 4.30. The van der Waals surface area contributed by atoms with Crippen molar-refractivity contribution in [2.45, 2.75) is 6.42 Å². The zero-order chi connectivity index (χ0) is 13.1. The van der Waals surface area contributed by atoms with Crippen LogP contribution in [0.15, 0.2) is 65.1 Å². The van der Waals surface area contributed by atoms with Gasteiger partial charge < -0.3 is 4.42 Å². The Kier molecular flexibility index (Phi) is 1.80. The van der Waals surface area contributed by atoms with E-state index in [1.54, 1.807) is 0 Å². The lowest BCUT2D eigenvalue weighted by Crippen LogP contribution is -1.79. The van der Waals surface area contributed by atoms with Crippen molar-refractivity contribution in [2.24, 2.45) is 0 Å². The van der Waals surface area contributed by atoms with Crippen molar-refractivity contribution in [2.75, 3.05) is 0 Å². The van der Waals surface area contributed by atoms with Gasteiger partial charge in [0.1, 0.15) is 11.2 Å². The van der Waals surface area contributed by atoms with Gasteiger partial charge in [-0.3, -0.25) is 0 Å². The molecule has 0 fully saturated rings. The SMILES string of the molecule is c1ccc2c(c1)Cc1ccc3oc4ccccc4c3c1-2. The molecule has 5 rings (SSSR count). The maximum Gasteiger partial charge on any atom is 0.136 e. The second kappa shape index (κ2) is 3.51. The molecule has 3 aromatic carbocycles. The molecule has 0 atom stereocenters. The molecule has 1 aromatic heterocycles. The zero-order valence-electron chi connectivity index (χ0n) is 10.9. The topological polar surface area (TPSA) is 13.1 Å². The minimum atomic E-state index is 0.972. The highest BCUT2D eigenvalue weighted by atomic mass is 16.3. The Hall–Kier alpha value is -2.54. The molecule has 1 aliphatic rings. The fraction of sp³-hybridized carbons (Fsp3) is 0.0526. The summed E-state index contributed by atoms with van der Waals surface area (Å²) < 4.78 is 5.99.